The maximum atomic E-state index is 6.29. The number of piperidine rings is 1. The zero-order valence-corrected chi connectivity index (χ0v) is 18.6. The number of thiazole rings is 1. The molecule has 2 aromatic rings. The number of hydrogen-bond acceptors (Lipinski definition) is 5. The van der Waals surface area contributed by atoms with Crippen LogP contribution in [-0.2, 0) is 0 Å². The molecular weight excluding hydrogens is 390 g/mol. The average molecular weight is 422 g/mol. The number of aromatic nitrogens is 1. The second-order valence-corrected chi connectivity index (χ2v) is 8.91. The molecule has 1 aromatic carbocycles. The highest BCUT2D eigenvalue weighted by molar-refractivity contribution is 7.20. The van der Waals surface area contributed by atoms with E-state index >= 15 is 0 Å². The minimum Gasteiger partial charge on any atom is -0.467 e. The minimum absolute atomic E-state index is 0.252. The van der Waals surface area contributed by atoms with Crippen molar-refractivity contribution in [2.45, 2.75) is 32.3 Å². The van der Waals surface area contributed by atoms with Gasteiger partial charge in [0.05, 0.1) is 10.2 Å². The molecule has 0 radical (unpaired) electrons. The first-order valence-electron chi connectivity index (χ1n) is 10.9. The number of allylic oxidation sites excluding steroid dienone is 3. The molecule has 158 valence electrons. The van der Waals surface area contributed by atoms with E-state index in [1.165, 1.54) is 21.4 Å². The Kier molecular flexibility index (Phi) is 7.16. The molecule has 3 heterocycles. The smallest absolute Gasteiger partial charge is 0.274 e. The van der Waals surface area contributed by atoms with E-state index in [4.69, 9.17) is 9.72 Å². The number of ether oxygens (including phenoxy) is 1. The summed E-state index contributed by atoms with van der Waals surface area (Å²) >= 11 is 1.67. The number of benzene rings is 1. The first kappa shape index (κ1) is 21.0. The Morgan fingerprint density at radius 1 is 1.37 bits per heavy atom. The standard InChI is InChI=1S/C25H31N3OS/c1-3-5-19(6-4-2)18-28-15-11-22(12-16-28)29-25-27-23-8-7-21(17-24(23)30-25)20-9-13-26-14-10-20/h3-9,17,22,26H,1,10-16,18H2,2H3/b6-4-,19-5+. The van der Waals surface area contributed by atoms with Crippen LogP contribution >= 0.6 is 11.3 Å². The van der Waals surface area contributed by atoms with Gasteiger partial charge in [-0.1, -0.05) is 54.4 Å². The summed E-state index contributed by atoms with van der Waals surface area (Å²) < 4.78 is 7.50. The lowest BCUT2D eigenvalue weighted by molar-refractivity contribution is 0.106. The van der Waals surface area contributed by atoms with Crippen molar-refractivity contribution in [2.24, 2.45) is 0 Å². The third-order valence-electron chi connectivity index (χ3n) is 5.72. The normalized spacial score (nSPS) is 19.4. The molecule has 2 aliphatic rings. The second kappa shape index (κ2) is 10.2. The second-order valence-electron chi connectivity index (χ2n) is 7.92. The molecule has 1 saturated heterocycles. The minimum atomic E-state index is 0.252. The summed E-state index contributed by atoms with van der Waals surface area (Å²) in [6, 6.07) is 6.60. The van der Waals surface area contributed by atoms with E-state index in [1.54, 1.807) is 11.3 Å². The van der Waals surface area contributed by atoms with Gasteiger partial charge in [-0.3, -0.25) is 4.90 Å². The van der Waals surface area contributed by atoms with Gasteiger partial charge in [0.1, 0.15) is 6.10 Å². The Hall–Kier alpha value is -2.21. The van der Waals surface area contributed by atoms with E-state index in [0.717, 1.165) is 62.7 Å². The summed E-state index contributed by atoms with van der Waals surface area (Å²) in [7, 11) is 0. The van der Waals surface area contributed by atoms with E-state index < -0.39 is 0 Å². The highest BCUT2D eigenvalue weighted by Gasteiger charge is 2.22. The fourth-order valence-corrected chi connectivity index (χ4v) is 5.07. The summed E-state index contributed by atoms with van der Waals surface area (Å²) in [6.07, 6.45) is 13.9. The molecule has 0 atom stereocenters. The monoisotopic (exact) mass is 421 g/mol. The third-order valence-corrected chi connectivity index (χ3v) is 6.63. The van der Waals surface area contributed by atoms with Gasteiger partial charge >= 0.3 is 0 Å². The van der Waals surface area contributed by atoms with E-state index in [0.29, 0.717) is 0 Å². The van der Waals surface area contributed by atoms with E-state index in [1.807, 2.05) is 6.08 Å². The van der Waals surface area contributed by atoms with E-state index in [9.17, 15) is 0 Å². The summed E-state index contributed by atoms with van der Waals surface area (Å²) in [5.41, 5.74) is 5.09. The molecule has 0 spiro atoms. The lowest BCUT2D eigenvalue weighted by Crippen LogP contribution is -2.39. The van der Waals surface area contributed by atoms with Crippen molar-refractivity contribution in [1.82, 2.24) is 15.2 Å². The zero-order valence-electron chi connectivity index (χ0n) is 17.8. The molecule has 0 bridgehead atoms. The van der Waals surface area contributed by atoms with Crippen molar-refractivity contribution >= 4 is 27.1 Å². The van der Waals surface area contributed by atoms with E-state index in [2.05, 4.69) is 66.2 Å². The predicted molar refractivity (Wildman–Crippen MR) is 128 cm³/mol. The SMILES string of the molecule is C=C/C=C(\C=C/C)CN1CCC(Oc2nc3ccc(C4=CCNCC4)cc3s2)CC1. The molecule has 2 aliphatic heterocycles. The Bertz CT molecular complexity index is 964. The number of nitrogens with zero attached hydrogens (tertiary/aromatic N) is 2. The topological polar surface area (TPSA) is 37.4 Å². The van der Waals surface area contributed by atoms with Crippen molar-refractivity contribution in [3.63, 3.8) is 0 Å². The molecule has 4 rings (SSSR count). The lowest BCUT2D eigenvalue weighted by atomic mass is 10.0. The Morgan fingerprint density at radius 2 is 2.23 bits per heavy atom. The molecular formula is C25H31N3OS. The van der Waals surface area contributed by atoms with Crippen LogP contribution in [0.5, 0.6) is 5.19 Å². The van der Waals surface area contributed by atoms with Crippen molar-refractivity contribution in [2.75, 3.05) is 32.7 Å². The molecule has 1 aromatic heterocycles. The molecule has 1 N–H and O–H groups in total. The van der Waals surface area contributed by atoms with Gasteiger partial charge < -0.3 is 10.1 Å². The third kappa shape index (κ3) is 5.28. The van der Waals surface area contributed by atoms with Gasteiger partial charge in [0.2, 0.25) is 0 Å². The van der Waals surface area contributed by atoms with Gasteiger partial charge in [-0.2, -0.15) is 0 Å². The van der Waals surface area contributed by atoms with Crippen molar-refractivity contribution in [3.05, 3.63) is 66.3 Å². The number of likely N-dealkylation sites (tertiary alicyclic amines) is 1. The van der Waals surface area contributed by atoms with Gasteiger partial charge in [0.15, 0.2) is 0 Å². The van der Waals surface area contributed by atoms with Gasteiger partial charge in [0, 0.05) is 26.2 Å². The first-order valence-corrected chi connectivity index (χ1v) is 11.7. The highest BCUT2D eigenvalue weighted by Crippen LogP contribution is 2.32. The van der Waals surface area contributed by atoms with Gasteiger partial charge in [-0.25, -0.2) is 4.98 Å². The first-order chi connectivity index (χ1) is 14.7. The summed E-state index contributed by atoms with van der Waals surface area (Å²) in [5.74, 6) is 0. The van der Waals surface area contributed by atoms with Crippen molar-refractivity contribution in [3.8, 4) is 5.19 Å². The van der Waals surface area contributed by atoms with Crippen LogP contribution in [0.3, 0.4) is 0 Å². The Morgan fingerprint density at radius 3 is 2.97 bits per heavy atom. The van der Waals surface area contributed by atoms with Crippen LogP contribution in [0, 0.1) is 0 Å². The number of rotatable bonds is 7. The molecule has 0 saturated carbocycles. The quantitative estimate of drug-likeness (QED) is 0.623. The van der Waals surface area contributed by atoms with Crippen LogP contribution in [0.1, 0.15) is 31.7 Å². The van der Waals surface area contributed by atoms with Gasteiger partial charge in [0.25, 0.3) is 5.19 Å². The fourth-order valence-electron chi connectivity index (χ4n) is 4.15. The van der Waals surface area contributed by atoms with Crippen molar-refractivity contribution < 1.29 is 4.74 Å². The average Bonchev–Trinajstić information content (AvgIpc) is 3.17. The largest absolute Gasteiger partial charge is 0.467 e. The summed E-state index contributed by atoms with van der Waals surface area (Å²) in [5, 5.41) is 4.18. The maximum Gasteiger partial charge on any atom is 0.274 e. The van der Waals surface area contributed by atoms with Crippen LogP contribution in [0.2, 0.25) is 0 Å². The molecule has 4 nitrogen and oxygen atoms in total. The molecule has 0 unspecified atom stereocenters. The van der Waals surface area contributed by atoms with Gasteiger partial charge in [-0.05, 0) is 61.6 Å². The number of hydrogen-bond donors (Lipinski definition) is 1. The molecule has 5 heteroatoms. The van der Waals surface area contributed by atoms with Crippen LogP contribution in [0.25, 0.3) is 15.8 Å². The predicted octanol–water partition coefficient (Wildman–Crippen LogP) is 5.20. The number of fused-ring (bicyclic) bond motifs is 1. The Balaban J connectivity index is 1.35. The summed E-state index contributed by atoms with van der Waals surface area (Å²) in [4.78, 5) is 7.22. The molecule has 0 amide bonds. The number of nitrogens with one attached hydrogen (secondary N) is 1. The molecule has 0 aliphatic carbocycles. The summed E-state index contributed by atoms with van der Waals surface area (Å²) in [6.45, 7) is 11.0. The maximum absolute atomic E-state index is 6.29. The fraction of sp³-hybridized carbons (Fsp3) is 0.400. The van der Waals surface area contributed by atoms with Gasteiger partial charge in [-0.15, -0.1) is 0 Å². The molecule has 30 heavy (non-hydrogen) atoms. The van der Waals surface area contributed by atoms with Crippen LogP contribution in [-0.4, -0.2) is 48.7 Å². The van der Waals surface area contributed by atoms with Crippen LogP contribution in [0.4, 0.5) is 0 Å². The highest BCUT2D eigenvalue weighted by atomic mass is 32.1. The lowest BCUT2D eigenvalue weighted by Gasteiger charge is -2.31. The van der Waals surface area contributed by atoms with Crippen LogP contribution in [0.15, 0.2) is 60.7 Å². The molecule has 1 fully saturated rings. The Labute approximate surface area is 183 Å². The van der Waals surface area contributed by atoms with Crippen molar-refractivity contribution in [1.29, 1.82) is 0 Å². The zero-order chi connectivity index (χ0) is 20.8. The van der Waals surface area contributed by atoms with Crippen LogP contribution < -0.4 is 10.1 Å². The van der Waals surface area contributed by atoms with E-state index in [-0.39, 0.29) is 6.10 Å².